The SMILES string of the molecule is O=C(/C=C\C(=O)OC(OCCN1CCC(C(=O)c2ccc(F)cc2)CC1)(c1ccc(F)cc1)c1ccc(F)cc1)OC(OCCN1CCC(C(=O)c2ccc(F)cc2)CC1)(c1ccc(F)cc1)c1ccc(F)cc1. The molecule has 6 aromatic carbocycles. The highest BCUT2D eigenvalue weighted by atomic mass is 19.1. The Morgan fingerprint density at radius 2 is 0.649 bits per heavy atom. The minimum Gasteiger partial charge on any atom is -0.421 e. The monoisotopic (exact) mass is 1020 g/mol. The molecule has 0 bridgehead atoms. The van der Waals surface area contributed by atoms with E-state index in [0.29, 0.717) is 63.0 Å². The number of carbonyl (C=O) groups excluding carboxylic acids is 4. The van der Waals surface area contributed by atoms with Crippen LogP contribution >= 0.6 is 0 Å². The van der Waals surface area contributed by atoms with Crippen LogP contribution in [0.15, 0.2) is 158 Å². The number of ketones is 2. The molecule has 0 saturated carbocycles. The van der Waals surface area contributed by atoms with Gasteiger partial charge in [0.05, 0.1) is 13.2 Å². The van der Waals surface area contributed by atoms with E-state index in [9.17, 15) is 45.5 Å². The van der Waals surface area contributed by atoms with Crippen molar-refractivity contribution >= 4 is 23.5 Å². The molecular formula is C58H52F6N2O8. The Bertz CT molecular complexity index is 2600. The smallest absolute Gasteiger partial charge is 0.334 e. The number of hydrogen-bond acceptors (Lipinski definition) is 10. The third kappa shape index (κ3) is 13.1. The average Bonchev–Trinajstić information content (AvgIpc) is 3.41. The highest BCUT2D eigenvalue weighted by molar-refractivity contribution is 5.98. The maximum Gasteiger partial charge on any atom is 0.334 e. The molecule has 0 radical (unpaired) electrons. The third-order valence-corrected chi connectivity index (χ3v) is 13.3. The molecule has 384 valence electrons. The first-order valence-corrected chi connectivity index (χ1v) is 24.2. The molecule has 0 amide bonds. The van der Waals surface area contributed by atoms with Crippen molar-refractivity contribution in [1.29, 1.82) is 0 Å². The fourth-order valence-corrected chi connectivity index (χ4v) is 9.30. The first-order chi connectivity index (χ1) is 35.7. The van der Waals surface area contributed by atoms with Gasteiger partial charge in [-0.15, -0.1) is 0 Å². The maximum atomic E-state index is 14.4. The Morgan fingerprint density at radius 3 is 0.905 bits per heavy atom. The number of Topliss-reactive ketones (excluding diaryl/α,β-unsaturated/α-hetero) is 2. The lowest BCUT2D eigenvalue weighted by Gasteiger charge is -2.36. The lowest BCUT2D eigenvalue weighted by Crippen LogP contribution is -2.42. The first-order valence-electron chi connectivity index (χ1n) is 24.2. The second-order valence-electron chi connectivity index (χ2n) is 18.1. The van der Waals surface area contributed by atoms with Crippen LogP contribution in [0.4, 0.5) is 26.3 Å². The molecule has 10 nitrogen and oxygen atoms in total. The van der Waals surface area contributed by atoms with Crippen LogP contribution in [0.5, 0.6) is 0 Å². The van der Waals surface area contributed by atoms with Crippen molar-refractivity contribution in [3.05, 3.63) is 226 Å². The van der Waals surface area contributed by atoms with Gasteiger partial charge in [-0.25, -0.2) is 35.9 Å². The standard InChI is InChI=1S/C58H52F6N2O8/c59-47-13-1-39(2-14-47)55(69)41-27-31-65(32-28-41)35-37-71-57(43-5-17-49(61)18-6-43,44-7-19-50(62)20-8-44)73-53(67)25-26-54(68)74-58(45-9-21-51(63)22-10-45,46-11-23-52(64)24-12-46)72-38-36-66-33-29-42(30-34-66)56(70)40-3-15-48(60)16-4-40/h1-26,41-42H,27-38H2/b26-25-. The summed E-state index contributed by atoms with van der Waals surface area (Å²) in [5.74, 6) is -10.6. The predicted octanol–water partition coefficient (Wildman–Crippen LogP) is 10.5. The van der Waals surface area contributed by atoms with E-state index in [-0.39, 0.29) is 72.0 Å². The summed E-state index contributed by atoms with van der Waals surface area (Å²) in [6.45, 7) is 2.41. The van der Waals surface area contributed by atoms with Gasteiger partial charge in [0, 0.05) is 70.5 Å². The molecule has 2 fully saturated rings. The second-order valence-corrected chi connectivity index (χ2v) is 18.1. The van der Waals surface area contributed by atoms with Gasteiger partial charge in [0.2, 0.25) is 0 Å². The van der Waals surface area contributed by atoms with Crippen LogP contribution in [0.2, 0.25) is 0 Å². The van der Waals surface area contributed by atoms with Crippen LogP contribution in [0.3, 0.4) is 0 Å². The molecule has 2 aliphatic rings. The summed E-state index contributed by atoms with van der Waals surface area (Å²) in [5.41, 5.74) is 1.41. The van der Waals surface area contributed by atoms with Gasteiger partial charge in [0.25, 0.3) is 11.6 Å². The van der Waals surface area contributed by atoms with Gasteiger partial charge in [0.1, 0.15) is 34.9 Å². The van der Waals surface area contributed by atoms with E-state index in [1.807, 2.05) is 9.80 Å². The second kappa shape index (κ2) is 24.2. The zero-order chi connectivity index (χ0) is 52.2. The highest BCUT2D eigenvalue weighted by Crippen LogP contribution is 2.38. The van der Waals surface area contributed by atoms with Gasteiger partial charge in [-0.05, 0) is 197 Å². The van der Waals surface area contributed by atoms with Crippen LogP contribution in [0, 0.1) is 46.7 Å². The number of nitrogens with zero attached hydrogens (tertiary/aromatic N) is 2. The number of hydrogen-bond donors (Lipinski definition) is 0. The van der Waals surface area contributed by atoms with Gasteiger partial charge in [-0.2, -0.15) is 0 Å². The van der Waals surface area contributed by atoms with Crippen molar-refractivity contribution in [1.82, 2.24) is 9.80 Å². The molecule has 0 unspecified atom stereocenters. The number of likely N-dealkylation sites (tertiary alicyclic amines) is 2. The van der Waals surface area contributed by atoms with Crippen molar-refractivity contribution in [3.63, 3.8) is 0 Å². The van der Waals surface area contributed by atoms with Crippen molar-refractivity contribution in [2.75, 3.05) is 52.5 Å². The Hall–Kier alpha value is -7.24. The molecule has 0 aliphatic carbocycles. The normalized spacial score (nSPS) is 15.3. The predicted molar refractivity (Wildman–Crippen MR) is 260 cm³/mol. The highest BCUT2D eigenvalue weighted by Gasteiger charge is 2.42. The number of carbonyl (C=O) groups is 4. The topological polar surface area (TPSA) is 112 Å². The van der Waals surface area contributed by atoms with Crippen LogP contribution in [-0.4, -0.2) is 85.8 Å². The van der Waals surface area contributed by atoms with Crippen molar-refractivity contribution in [2.24, 2.45) is 11.8 Å². The molecule has 0 aromatic heterocycles. The number of benzene rings is 6. The maximum absolute atomic E-state index is 14.4. The van der Waals surface area contributed by atoms with E-state index >= 15 is 0 Å². The summed E-state index contributed by atoms with van der Waals surface area (Å²) in [5, 5.41) is 0. The Labute approximate surface area is 424 Å². The molecule has 0 spiro atoms. The van der Waals surface area contributed by atoms with Crippen molar-refractivity contribution < 1.29 is 64.5 Å². The Morgan fingerprint density at radius 1 is 0.405 bits per heavy atom. The van der Waals surface area contributed by atoms with Gasteiger partial charge in [-0.1, -0.05) is 0 Å². The van der Waals surface area contributed by atoms with Crippen molar-refractivity contribution in [3.8, 4) is 0 Å². The first kappa shape index (κ1) is 53.1. The molecule has 6 aromatic rings. The Kier molecular flexibility index (Phi) is 17.4. The zero-order valence-electron chi connectivity index (χ0n) is 40.1. The third-order valence-electron chi connectivity index (χ3n) is 13.3. The molecule has 16 heteroatoms. The van der Waals surface area contributed by atoms with E-state index < -0.39 is 58.4 Å². The minimum absolute atomic E-state index is 0.0793. The van der Waals surface area contributed by atoms with E-state index in [1.165, 1.54) is 97.1 Å². The van der Waals surface area contributed by atoms with Gasteiger partial charge < -0.3 is 28.7 Å². The van der Waals surface area contributed by atoms with Crippen molar-refractivity contribution in [2.45, 2.75) is 37.3 Å². The average molecular weight is 1020 g/mol. The largest absolute Gasteiger partial charge is 0.421 e. The van der Waals surface area contributed by atoms with E-state index in [4.69, 9.17) is 18.9 Å². The zero-order valence-corrected chi connectivity index (χ0v) is 40.1. The van der Waals surface area contributed by atoms with E-state index in [0.717, 1.165) is 60.7 Å². The van der Waals surface area contributed by atoms with Crippen LogP contribution in [-0.2, 0) is 40.1 Å². The van der Waals surface area contributed by atoms with Gasteiger partial charge >= 0.3 is 11.9 Å². The molecule has 8 rings (SSSR count). The minimum atomic E-state index is -2.14. The summed E-state index contributed by atoms with van der Waals surface area (Å²) >= 11 is 0. The fourth-order valence-electron chi connectivity index (χ4n) is 9.30. The number of ether oxygens (including phenoxy) is 4. The number of piperidine rings is 2. The van der Waals surface area contributed by atoms with Gasteiger partial charge in [-0.3, -0.25) is 9.59 Å². The van der Waals surface area contributed by atoms with Crippen LogP contribution in [0.25, 0.3) is 0 Å². The lowest BCUT2D eigenvalue weighted by atomic mass is 9.89. The van der Waals surface area contributed by atoms with Gasteiger partial charge in [0.15, 0.2) is 11.6 Å². The Balaban J connectivity index is 0.993. The fraction of sp³-hybridized carbons (Fsp3) is 0.276. The number of rotatable bonds is 20. The van der Waals surface area contributed by atoms with Crippen LogP contribution in [0.1, 0.15) is 68.7 Å². The van der Waals surface area contributed by atoms with Crippen LogP contribution < -0.4 is 0 Å². The number of esters is 2. The van der Waals surface area contributed by atoms with E-state index in [2.05, 4.69) is 0 Å². The lowest BCUT2D eigenvalue weighted by molar-refractivity contribution is -0.218. The molecule has 0 atom stereocenters. The summed E-state index contributed by atoms with van der Waals surface area (Å²) < 4.78 is 110. The summed E-state index contributed by atoms with van der Waals surface area (Å²) in [7, 11) is 0. The molecule has 0 N–H and O–H groups in total. The summed E-state index contributed by atoms with van der Waals surface area (Å²) in [6, 6.07) is 30.6. The molecular weight excluding hydrogens is 967 g/mol. The van der Waals surface area contributed by atoms with E-state index in [1.54, 1.807) is 0 Å². The molecule has 74 heavy (non-hydrogen) atoms. The summed E-state index contributed by atoms with van der Waals surface area (Å²) in [6.07, 6.45) is 3.62. The molecule has 2 saturated heterocycles. The number of halogens is 6. The quantitative estimate of drug-likeness (QED) is 0.0241. The molecule has 2 aliphatic heterocycles. The summed E-state index contributed by atoms with van der Waals surface area (Å²) in [4.78, 5) is 58.5. The molecule has 2 heterocycles.